The van der Waals surface area contributed by atoms with Gasteiger partial charge < -0.3 is 14.5 Å². The Kier molecular flexibility index (Phi) is 3.83. The minimum absolute atomic E-state index is 0.651. The van der Waals surface area contributed by atoms with E-state index >= 15 is 0 Å². The summed E-state index contributed by atoms with van der Waals surface area (Å²) in [6, 6.07) is 10.1. The van der Waals surface area contributed by atoms with Gasteiger partial charge in [0.15, 0.2) is 6.39 Å². The van der Waals surface area contributed by atoms with Crippen LogP contribution in [0.2, 0.25) is 0 Å². The fourth-order valence-corrected chi connectivity index (χ4v) is 2.26. The van der Waals surface area contributed by atoms with Gasteiger partial charge in [-0.1, -0.05) is 18.2 Å². The van der Waals surface area contributed by atoms with Crippen LogP contribution in [0.15, 0.2) is 41.1 Å². The van der Waals surface area contributed by atoms with Crippen molar-refractivity contribution < 1.29 is 9.15 Å². The van der Waals surface area contributed by atoms with Gasteiger partial charge in [-0.05, 0) is 19.1 Å². The highest BCUT2D eigenvalue weighted by molar-refractivity contribution is 5.80. The Bertz CT molecular complexity index is 752. The first-order valence-electron chi connectivity index (χ1n) is 6.80. The first kappa shape index (κ1) is 13.6. The number of hydrogen-bond donors (Lipinski definition) is 1. The highest BCUT2D eigenvalue weighted by atomic mass is 16.5. The molecule has 0 amide bonds. The maximum Gasteiger partial charge on any atom is 0.218 e. The largest absolute Gasteiger partial charge is 0.481 e. The number of benzene rings is 1. The van der Waals surface area contributed by atoms with Crippen molar-refractivity contribution in [3.8, 4) is 5.88 Å². The van der Waals surface area contributed by atoms with Crippen LogP contribution in [0, 0.1) is 6.92 Å². The van der Waals surface area contributed by atoms with Crippen LogP contribution in [0.3, 0.4) is 0 Å². The fraction of sp³-hybridized carbons (Fsp3) is 0.250. The average Bonchev–Trinajstić information content (AvgIpc) is 2.92. The van der Waals surface area contributed by atoms with Crippen molar-refractivity contribution in [1.29, 1.82) is 0 Å². The number of methoxy groups -OCH3 is 1. The van der Waals surface area contributed by atoms with Crippen LogP contribution < -0.4 is 10.1 Å². The number of fused-ring (bicyclic) bond motifs is 1. The topological polar surface area (TPSA) is 60.2 Å². The lowest BCUT2D eigenvalue weighted by molar-refractivity contribution is 0.392. The molecule has 5 heteroatoms. The Labute approximate surface area is 123 Å². The van der Waals surface area contributed by atoms with Crippen molar-refractivity contribution in [2.45, 2.75) is 20.0 Å². The molecule has 2 heterocycles. The van der Waals surface area contributed by atoms with Crippen LogP contribution >= 0.6 is 0 Å². The van der Waals surface area contributed by atoms with Gasteiger partial charge in [0.1, 0.15) is 5.76 Å². The van der Waals surface area contributed by atoms with Gasteiger partial charge in [-0.2, -0.15) is 0 Å². The minimum Gasteiger partial charge on any atom is -0.481 e. The van der Waals surface area contributed by atoms with Gasteiger partial charge in [0.2, 0.25) is 5.88 Å². The van der Waals surface area contributed by atoms with Crippen molar-refractivity contribution in [3.05, 3.63) is 53.7 Å². The first-order valence-corrected chi connectivity index (χ1v) is 6.80. The SMILES string of the molecule is COc1nc2ccccc2cc1CNCc1ncoc1C. The van der Waals surface area contributed by atoms with Gasteiger partial charge in [0.05, 0.1) is 18.3 Å². The third kappa shape index (κ3) is 2.87. The number of aromatic nitrogens is 2. The minimum atomic E-state index is 0.651. The van der Waals surface area contributed by atoms with E-state index in [-0.39, 0.29) is 0 Å². The second-order valence-corrected chi connectivity index (χ2v) is 4.81. The number of ether oxygens (including phenoxy) is 1. The zero-order valence-corrected chi connectivity index (χ0v) is 12.1. The zero-order valence-electron chi connectivity index (χ0n) is 12.1. The summed E-state index contributed by atoms with van der Waals surface area (Å²) in [6.07, 6.45) is 1.46. The van der Waals surface area contributed by atoms with E-state index in [4.69, 9.17) is 9.15 Å². The maximum atomic E-state index is 5.38. The van der Waals surface area contributed by atoms with Gasteiger partial charge in [-0.15, -0.1) is 0 Å². The molecule has 5 nitrogen and oxygen atoms in total. The third-order valence-electron chi connectivity index (χ3n) is 3.41. The van der Waals surface area contributed by atoms with E-state index in [0.29, 0.717) is 19.0 Å². The third-order valence-corrected chi connectivity index (χ3v) is 3.41. The Hall–Kier alpha value is -2.40. The number of hydrogen-bond acceptors (Lipinski definition) is 5. The van der Waals surface area contributed by atoms with E-state index in [2.05, 4.69) is 21.4 Å². The van der Waals surface area contributed by atoms with Gasteiger partial charge in [-0.3, -0.25) is 0 Å². The molecule has 0 saturated heterocycles. The van der Waals surface area contributed by atoms with Crippen LogP contribution in [0.25, 0.3) is 10.9 Å². The molecule has 3 rings (SSSR count). The number of pyridine rings is 1. The van der Waals surface area contributed by atoms with Crippen molar-refractivity contribution in [2.75, 3.05) is 7.11 Å². The summed E-state index contributed by atoms with van der Waals surface area (Å²) in [6.45, 7) is 3.22. The molecule has 0 saturated carbocycles. The number of nitrogens with one attached hydrogen (secondary N) is 1. The predicted octanol–water partition coefficient (Wildman–Crippen LogP) is 2.83. The average molecular weight is 283 g/mol. The van der Waals surface area contributed by atoms with Crippen molar-refractivity contribution in [3.63, 3.8) is 0 Å². The quantitative estimate of drug-likeness (QED) is 0.780. The van der Waals surface area contributed by atoms with Gasteiger partial charge >= 0.3 is 0 Å². The number of aryl methyl sites for hydroxylation is 1. The zero-order chi connectivity index (χ0) is 14.7. The number of para-hydroxylation sites is 1. The molecular formula is C16H17N3O2. The monoisotopic (exact) mass is 283 g/mol. The molecule has 0 atom stereocenters. The molecule has 0 aliphatic heterocycles. The van der Waals surface area contributed by atoms with E-state index in [1.807, 2.05) is 31.2 Å². The molecule has 0 bridgehead atoms. The van der Waals surface area contributed by atoms with E-state index in [0.717, 1.165) is 27.9 Å². The van der Waals surface area contributed by atoms with E-state index in [1.54, 1.807) is 7.11 Å². The van der Waals surface area contributed by atoms with Crippen molar-refractivity contribution in [1.82, 2.24) is 15.3 Å². The first-order chi connectivity index (χ1) is 10.3. The molecule has 3 aromatic rings. The summed E-state index contributed by atoms with van der Waals surface area (Å²) < 4.78 is 10.6. The van der Waals surface area contributed by atoms with Gasteiger partial charge in [0, 0.05) is 24.0 Å². The highest BCUT2D eigenvalue weighted by Crippen LogP contribution is 2.22. The number of nitrogens with zero attached hydrogens (tertiary/aromatic N) is 2. The second-order valence-electron chi connectivity index (χ2n) is 4.81. The van der Waals surface area contributed by atoms with Gasteiger partial charge in [0.25, 0.3) is 0 Å². The van der Waals surface area contributed by atoms with Crippen LogP contribution in [-0.4, -0.2) is 17.1 Å². The lowest BCUT2D eigenvalue weighted by atomic mass is 10.1. The van der Waals surface area contributed by atoms with Crippen LogP contribution in [0.4, 0.5) is 0 Å². The molecule has 2 aromatic heterocycles. The van der Waals surface area contributed by atoms with Crippen LogP contribution in [0.5, 0.6) is 5.88 Å². The van der Waals surface area contributed by atoms with Gasteiger partial charge in [-0.25, -0.2) is 9.97 Å². The summed E-state index contributed by atoms with van der Waals surface area (Å²) in [5, 5.41) is 4.45. The number of rotatable bonds is 5. The summed E-state index contributed by atoms with van der Waals surface area (Å²) in [5.74, 6) is 1.49. The molecule has 0 fully saturated rings. The molecule has 1 aromatic carbocycles. The lowest BCUT2D eigenvalue weighted by Gasteiger charge is -2.10. The molecule has 0 radical (unpaired) electrons. The molecule has 0 aliphatic carbocycles. The molecule has 0 spiro atoms. The van der Waals surface area contributed by atoms with E-state index < -0.39 is 0 Å². The molecule has 108 valence electrons. The Morgan fingerprint density at radius 3 is 2.86 bits per heavy atom. The molecule has 21 heavy (non-hydrogen) atoms. The summed E-state index contributed by atoms with van der Waals surface area (Å²) in [7, 11) is 1.64. The molecule has 0 aliphatic rings. The maximum absolute atomic E-state index is 5.38. The Balaban J connectivity index is 1.78. The Morgan fingerprint density at radius 2 is 2.10 bits per heavy atom. The second kappa shape index (κ2) is 5.93. The molecular weight excluding hydrogens is 266 g/mol. The van der Waals surface area contributed by atoms with Crippen molar-refractivity contribution >= 4 is 10.9 Å². The normalized spacial score (nSPS) is 11.0. The summed E-state index contributed by atoms with van der Waals surface area (Å²) >= 11 is 0. The lowest BCUT2D eigenvalue weighted by Crippen LogP contribution is -2.14. The predicted molar refractivity (Wildman–Crippen MR) is 80.1 cm³/mol. The molecule has 1 N–H and O–H groups in total. The standard InChI is InChI=1S/C16H17N3O2/c1-11-15(18-10-21-11)9-17-8-13-7-12-5-3-4-6-14(12)19-16(13)20-2/h3-7,10,17H,8-9H2,1-2H3. The Morgan fingerprint density at radius 1 is 1.24 bits per heavy atom. The smallest absolute Gasteiger partial charge is 0.218 e. The molecule has 0 unspecified atom stereocenters. The van der Waals surface area contributed by atoms with Crippen LogP contribution in [0.1, 0.15) is 17.0 Å². The number of oxazole rings is 1. The summed E-state index contributed by atoms with van der Waals surface area (Å²) in [4.78, 5) is 8.69. The highest BCUT2D eigenvalue weighted by Gasteiger charge is 2.08. The fourth-order valence-electron chi connectivity index (χ4n) is 2.26. The summed E-state index contributed by atoms with van der Waals surface area (Å²) in [5.41, 5.74) is 2.88. The van der Waals surface area contributed by atoms with Crippen LogP contribution in [-0.2, 0) is 13.1 Å². The van der Waals surface area contributed by atoms with E-state index in [1.165, 1.54) is 6.39 Å². The van der Waals surface area contributed by atoms with E-state index in [9.17, 15) is 0 Å². The van der Waals surface area contributed by atoms with Crippen molar-refractivity contribution in [2.24, 2.45) is 0 Å².